The Morgan fingerprint density at radius 3 is 2.52 bits per heavy atom. The SMILES string of the molecule is Cc1ccc(Nc2ncc(-c3nc4cc(Cl)ccc4o3)cn2)cc1C. The van der Waals surface area contributed by atoms with Crippen molar-refractivity contribution in [2.24, 2.45) is 0 Å². The second kappa shape index (κ2) is 6.18. The van der Waals surface area contributed by atoms with E-state index in [4.69, 9.17) is 16.0 Å². The lowest BCUT2D eigenvalue weighted by atomic mass is 10.1. The topological polar surface area (TPSA) is 63.8 Å². The zero-order valence-electron chi connectivity index (χ0n) is 13.7. The first-order valence-electron chi connectivity index (χ1n) is 7.81. The second-order valence-electron chi connectivity index (χ2n) is 5.85. The molecule has 4 rings (SSSR count). The molecule has 0 unspecified atom stereocenters. The van der Waals surface area contributed by atoms with Gasteiger partial charge in [0, 0.05) is 23.1 Å². The fraction of sp³-hybridized carbons (Fsp3) is 0.105. The molecule has 0 atom stereocenters. The molecule has 0 aliphatic heterocycles. The Morgan fingerprint density at radius 1 is 0.960 bits per heavy atom. The predicted molar refractivity (Wildman–Crippen MR) is 99.2 cm³/mol. The van der Waals surface area contributed by atoms with E-state index in [-0.39, 0.29) is 0 Å². The van der Waals surface area contributed by atoms with E-state index in [0.717, 1.165) is 5.69 Å². The highest BCUT2D eigenvalue weighted by Gasteiger charge is 2.10. The highest BCUT2D eigenvalue weighted by molar-refractivity contribution is 6.31. The fourth-order valence-corrected chi connectivity index (χ4v) is 2.64. The largest absolute Gasteiger partial charge is 0.436 e. The first-order valence-corrected chi connectivity index (χ1v) is 8.19. The molecule has 0 aliphatic rings. The van der Waals surface area contributed by atoms with Crippen LogP contribution in [0, 0.1) is 13.8 Å². The molecule has 2 aromatic carbocycles. The van der Waals surface area contributed by atoms with Gasteiger partial charge in [-0.05, 0) is 55.3 Å². The maximum Gasteiger partial charge on any atom is 0.230 e. The quantitative estimate of drug-likeness (QED) is 0.543. The number of oxazole rings is 1. The zero-order valence-corrected chi connectivity index (χ0v) is 14.5. The van der Waals surface area contributed by atoms with Crippen molar-refractivity contribution < 1.29 is 4.42 Å². The van der Waals surface area contributed by atoms with Crippen LogP contribution in [0.2, 0.25) is 5.02 Å². The van der Waals surface area contributed by atoms with Crippen molar-refractivity contribution in [1.29, 1.82) is 0 Å². The van der Waals surface area contributed by atoms with Gasteiger partial charge in [-0.25, -0.2) is 15.0 Å². The van der Waals surface area contributed by atoms with Gasteiger partial charge in [0.2, 0.25) is 11.8 Å². The number of nitrogens with one attached hydrogen (secondary N) is 1. The van der Waals surface area contributed by atoms with Gasteiger partial charge in [0.15, 0.2) is 5.58 Å². The maximum atomic E-state index is 5.98. The van der Waals surface area contributed by atoms with Crippen molar-refractivity contribution in [3.8, 4) is 11.5 Å². The summed E-state index contributed by atoms with van der Waals surface area (Å²) in [5.41, 5.74) is 5.51. The first kappa shape index (κ1) is 15.6. The highest BCUT2D eigenvalue weighted by Crippen LogP contribution is 2.26. The van der Waals surface area contributed by atoms with E-state index in [1.807, 2.05) is 6.07 Å². The summed E-state index contributed by atoms with van der Waals surface area (Å²) in [4.78, 5) is 13.1. The van der Waals surface area contributed by atoms with Gasteiger partial charge in [-0.3, -0.25) is 0 Å². The first-order chi connectivity index (χ1) is 12.1. The third-order valence-corrected chi connectivity index (χ3v) is 4.25. The molecular formula is C19H15ClN4O. The Morgan fingerprint density at radius 2 is 1.76 bits per heavy atom. The Hall–Kier alpha value is -2.92. The van der Waals surface area contributed by atoms with Crippen LogP contribution in [0.1, 0.15) is 11.1 Å². The summed E-state index contributed by atoms with van der Waals surface area (Å²) in [7, 11) is 0. The summed E-state index contributed by atoms with van der Waals surface area (Å²) < 4.78 is 5.73. The summed E-state index contributed by atoms with van der Waals surface area (Å²) >= 11 is 5.98. The molecule has 0 spiro atoms. The van der Waals surface area contributed by atoms with E-state index in [9.17, 15) is 0 Å². The second-order valence-corrected chi connectivity index (χ2v) is 6.29. The average Bonchev–Trinajstić information content (AvgIpc) is 3.02. The number of anilines is 2. The molecule has 25 heavy (non-hydrogen) atoms. The molecule has 124 valence electrons. The van der Waals surface area contributed by atoms with Crippen LogP contribution in [0.25, 0.3) is 22.6 Å². The van der Waals surface area contributed by atoms with Crippen LogP contribution in [-0.4, -0.2) is 15.0 Å². The lowest BCUT2D eigenvalue weighted by Gasteiger charge is -2.07. The van der Waals surface area contributed by atoms with E-state index in [1.165, 1.54) is 11.1 Å². The molecule has 0 radical (unpaired) electrons. The van der Waals surface area contributed by atoms with Crippen LogP contribution in [0.15, 0.2) is 53.2 Å². The molecule has 0 aliphatic carbocycles. The summed E-state index contributed by atoms with van der Waals surface area (Å²) in [5, 5.41) is 3.82. The van der Waals surface area contributed by atoms with Crippen LogP contribution in [-0.2, 0) is 0 Å². The molecule has 0 saturated carbocycles. The summed E-state index contributed by atoms with van der Waals surface area (Å²) in [6.07, 6.45) is 3.37. The van der Waals surface area contributed by atoms with E-state index in [2.05, 4.69) is 46.2 Å². The Balaban J connectivity index is 1.59. The number of hydrogen-bond donors (Lipinski definition) is 1. The van der Waals surface area contributed by atoms with Crippen LogP contribution in [0.4, 0.5) is 11.6 Å². The van der Waals surface area contributed by atoms with Gasteiger partial charge in [0.1, 0.15) is 5.52 Å². The molecule has 2 heterocycles. The van der Waals surface area contributed by atoms with Crippen LogP contribution in [0.5, 0.6) is 0 Å². The monoisotopic (exact) mass is 350 g/mol. The Labute approximate surface area is 149 Å². The number of hydrogen-bond acceptors (Lipinski definition) is 5. The van der Waals surface area contributed by atoms with Crippen LogP contribution < -0.4 is 5.32 Å². The minimum absolute atomic E-state index is 0.468. The number of halogens is 1. The van der Waals surface area contributed by atoms with E-state index < -0.39 is 0 Å². The number of aryl methyl sites for hydroxylation is 2. The standard InChI is InChI=1S/C19H15ClN4O/c1-11-3-5-15(7-12(11)2)23-19-21-9-13(10-22-19)18-24-16-8-14(20)4-6-17(16)25-18/h3-10H,1-2H3,(H,21,22,23). The van der Waals surface area contributed by atoms with Crippen LogP contribution in [0.3, 0.4) is 0 Å². The fourth-order valence-electron chi connectivity index (χ4n) is 2.48. The predicted octanol–water partition coefficient (Wildman–Crippen LogP) is 5.30. The third kappa shape index (κ3) is 3.19. The normalized spacial score (nSPS) is 11.0. The van der Waals surface area contributed by atoms with Gasteiger partial charge < -0.3 is 9.73 Å². The molecule has 0 fully saturated rings. The molecule has 4 aromatic rings. The molecular weight excluding hydrogens is 336 g/mol. The molecule has 6 heteroatoms. The van der Waals surface area contributed by atoms with Gasteiger partial charge in [0.25, 0.3) is 0 Å². The van der Waals surface area contributed by atoms with Gasteiger partial charge in [-0.15, -0.1) is 0 Å². The maximum absolute atomic E-state index is 5.98. The molecule has 2 aromatic heterocycles. The van der Waals surface area contributed by atoms with E-state index in [0.29, 0.717) is 33.5 Å². The van der Waals surface area contributed by atoms with Crippen molar-refractivity contribution in [2.75, 3.05) is 5.32 Å². The summed E-state index contributed by atoms with van der Waals surface area (Å²) in [5.74, 6) is 0.987. The van der Waals surface area contributed by atoms with Gasteiger partial charge in [-0.2, -0.15) is 0 Å². The zero-order chi connectivity index (χ0) is 17.4. The Kier molecular flexibility index (Phi) is 3.86. The molecule has 0 saturated heterocycles. The minimum atomic E-state index is 0.468. The lowest BCUT2D eigenvalue weighted by Crippen LogP contribution is -1.97. The molecule has 5 nitrogen and oxygen atoms in total. The number of aromatic nitrogens is 3. The van der Waals surface area contributed by atoms with Gasteiger partial charge in [0.05, 0.1) is 5.56 Å². The molecule has 0 bridgehead atoms. The number of rotatable bonds is 3. The summed E-state index contributed by atoms with van der Waals surface area (Å²) in [6.45, 7) is 4.15. The average molecular weight is 351 g/mol. The minimum Gasteiger partial charge on any atom is -0.436 e. The summed E-state index contributed by atoms with van der Waals surface area (Å²) in [6, 6.07) is 11.5. The Bertz CT molecular complexity index is 1060. The number of nitrogens with zero attached hydrogens (tertiary/aromatic N) is 3. The highest BCUT2D eigenvalue weighted by atomic mass is 35.5. The van der Waals surface area contributed by atoms with Gasteiger partial charge in [-0.1, -0.05) is 17.7 Å². The smallest absolute Gasteiger partial charge is 0.230 e. The number of benzene rings is 2. The third-order valence-electron chi connectivity index (χ3n) is 4.01. The van der Waals surface area contributed by atoms with Crippen molar-refractivity contribution in [3.05, 3.63) is 64.9 Å². The van der Waals surface area contributed by atoms with Crippen molar-refractivity contribution >= 4 is 34.3 Å². The number of fused-ring (bicyclic) bond motifs is 1. The molecule has 0 amide bonds. The van der Waals surface area contributed by atoms with Crippen molar-refractivity contribution in [2.45, 2.75) is 13.8 Å². The van der Waals surface area contributed by atoms with Crippen molar-refractivity contribution in [1.82, 2.24) is 15.0 Å². The van der Waals surface area contributed by atoms with Gasteiger partial charge >= 0.3 is 0 Å². The lowest BCUT2D eigenvalue weighted by molar-refractivity contribution is 0.619. The van der Waals surface area contributed by atoms with Crippen LogP contribution >= 0.6 is 11.6 Å². The van der Waals surface area contributed by atoms with E-state index in [1.54, 1.807) is 30.6 Å². The van der Waals surface area contributed by atoms with E-state index >= 15 is 0 Å². The van der Waals surface area contributed by atoms with Crippen molar-refractivity contribution in [3.63, 3.8) is 0 Å². The molecule has 1 N–H and O–H groups in total.